The van der Waals surface area contributed by atoms with Gasteiger partial charge in [-0.1, -0.05) is 29.5 Å². The molecule has 2 heterocycles. The van der Waals surface area contributed by atoms with Gasteiger partial charge in [-0.15, -0.1) is 5.10 Å². The van der Waals surface area contributed by atoms with Crippen LogP contribution in [0.3, 0.4) is 0 Å². The zero-order valence-electron chi connectivity index (χ0n) is 16.1. The van der Waals surface area contributed by atoms with Gasteiger partial charge in [0.15, 0.2) is 5.69 Å². The van der Waals surface area contributed by atoms with Crippen molar-refractivity contribution in [3.63, 3.8) is 0 Å². The molecule has 28 heavy (non-hydrogen) atoms. The lowest BCUT2D eigenvalue weighted by molar-refractivity contribution is -0.00173. The standard InChI is InChI=1S/C21H22N4O3/c1-13-4-5-14(2)17(10-13)22-21(26)20-18-12-28-19(11-25(18)24-23-20)15-6-8-16(27-3)9-7-15/h4-10,19H,11-12H2,1-3H3,(H,22,26). The number of anilines is 1. The molecule has 0 spiro atoms. The van der Waals surface area contributed by atoms with E-state index >= 15 is 0 Å². The van der Waals surface area contributed by atoms with E-state index in [0.717, 1.165) is 28.1 Å². The molecule has 0 saturated heterocycles. The lowest BCUT2D eigenvalue weighted by Gasteiger charge is -2.24. The van der Waals surface area contributed by atoms with E-state index in [1.165, 1.54) is 0 Å². The van der Waals surface area contributed by atoms with E-state index in [0.29, 0.717) is 17.9 Å². The normalized spacial score (nSPS) is 15.8. The first-order valence-electron chi connectivity index (χ1n) is 9.11. The molecule has 7 nitrogen and oxygen atoms in total. The third-order valence-electron chi connectivity index (χ3n) is 4.94. The molecule has 0 aliphatic carbocycles. The molecule has 2 aromatic carbocycles. The molecule has 1 aliphatic heterocycles. The molecular formula is C21H22N4O3. The minimum Gasteiger partial charge on any atom is -0.497 e. The number of ether oxygens (including phenoxy) is 2. The fourth-order valence-electron chi connectivity index (χ4n) is 3.26. The number of rotatable bonds is 4. The second kappa shape index (κ2) is 7.44. The first-order chi connectivity index (χ1) is 13.5. The molecular weight excluding hydrogens is 356 g/mol. The number of fused-ring (bicyclic) bond motifs is 1. The molecule has 0 saturated carbocycles. The largest absolute Gasteiger partial charge is 0.497 e. The topological polar surface area (TPSA) is 78.3 Å². The van der Waals surface area contributed by atoms with Crippen LogP contribution in [0.15, 0.2) is 42.5 Å². The van der Waals surface area contributed by atoms with Gasteiger partial charge in [0.1, 0.15) is 11.9 Å². The number of carbonyl (C=O) groups excluding carboxylic acids is 1. The van der Waals surface area contributed by atoms with Gasteiger partial charge in [0.2, 0.25) is 0 Å². The van der Waals surface area contributed by atoms with E-state index in [1.807, 2.05) is 56.3 Å². The summed E-state index contributed by atoms with van der Waals surface area (Å²) in [5.41, 5.74) is 4.87. The van der Waals surface area contributed by atoms with Gasteiger partial charge in [-0.3, -0.25) is 4.79 Å². The number of benzene rings is 2. The maximum atomic E-state index is 12.7. The number of hydrogen-bond acceptors (Lipinski definition) is 5. The zero-order chi connectivity index (χ0) is 19.7. The van der Waals surface area contributed by atoms with Gasteiger partial charge in [0, 0.05) is 5.69 Å². The number of hydrogen-bond donors (Lipinski definition) is 1. The van der Waals surface area contributed by atoms with Gasteiger partial charge in [-0.05, 0) is 48.7 Å². The number of methoxy groups -OCH3 is 1. The summed E-state index contributed by atoms with van der Waals surface area (Å²) in [6.45, 7) is 4.73. The Labute approximate surface area is 163 Å². The highest BCUT2D eigenvalue weighted by Crippen LogP contribution is 2.28. The Morgan fingerprint density at radius 3 is 2.75 bits per heavy atom. The third kappa shape index (κ3) is 3.48. The fourth-order valence-corrected chi connectivity index (χ4v) is 3.26. The number of nitrogens with zero attached hydrogens (tertiary/aromatic N) is 3. The SMILES string of the molecule is COc1ccc(C2Cn3nnc(C(=O)Nc4cc(C)ccc4C)c3CO2)cc1. The lowest BCUT2D eigenvalue weighted by Crippen LogP contribution is -2.24. The van der Waals surface area contributed by atoms with E-state index < -0.39 is 0 Å². The molecule has 1 aromatic heterocycles. The second-order valence-electron chi connectivity index (χ2n) is 6.91. The van der Waals surface area contributed by atoms with E-state index in [4.69, 9.17) is 9.47 Å². The lowest BCUT2D eigenvalue weighted by atomic mass is 10.1. The maximum absolute atomic E-state index is 12.7. The van der Waals surface area contributed by atoms with Crippen LogP contribution in [0.4, 0.5) is 5.69 Å². The molecule has 0 radical (unpaired) electrons. The summed E-state index contributed by atoms with van der Waals surface area (Å²) in [4.78, 5) is 12.7. The molecule has 3 aromatic rings. The zero-order valence-corrected chi connectivity index (χ0v) is 16.1. The number of amides is 1. The molecule has 144 valence electrons. The number of nitrogens with one attached hydrogen (secondary N) is 1. The van der Waals surface area contributed by atoms with Crippen molar-refractivity contribution < 1.29 is 14.3 Å². The number of carbonyl (C=O) groups is 1. The van der Waals surface area contributed by atoms with Crippen LogP contribution in [0.25, 0.3) is 0 Å². The highest BCUT2D eigenvalue weighted by Gasteiger charge is 2.28. The summed E-state index contributed by atoms with van der Waals surface area (Å²) in [5.74, 6) is 0.521. The smallest absolute Gasteiger partial charge is 0.278 e. The average Bonchev–Trinajstić information content (AvgIpc) is 3.14. The highest BCUT2D eigenvalue weighted by molar-refractivity contribution is 6.04. The van der Waals surface area contributed by atoms with Crippen LogP contribution in [0, 0.1) is 13.8 Å². The molecule has 4 rings (SSSR count). The summed E-state index contributed by atoms with van der Waals surface area (Å²) in [6, 6.07) is 13.7. The Balaban J connectivity index is 1.51. The van der Waals surface area contributed by atoms with Crippen molar-refractivity contribution in [1.82, 2.24) is 15.0 Å². The van der Waals surface area contributed by atoms with Crippen molar-refractivity contribution >= 4 is 11.6 Å². The van der Waals surface area contributed by atoms with E-state index in [2.05, 4.69) is 15.6 Å². The minimum absolute atomic E-state index is 0.143. The summed E-state index contributed by atoms with van der Waals surface area (Å²) in [7, 11) is 1.64. The van der Waals surface area contributed by atoms with Gasteiger partial charge < -0.3 is 14.8 Å². The van der Waals surface area contributed by atoms with Gasteiger partial charge in [0.05, 0.1) is 26.0 Å². The Morgan fingerprint density at radius 1 is 1.21 bits per heavy atom. The molecule has 0 bridgehead atoms. The first-order valence-corrected chi connectivity index (χ1v) is 9.11. The van der Waals surface area contributed by atoms with Crippen LogP contribution in [0.2, 0.25) is 0 Å². The Bertz CT molecular complexity index is 1010. The predicted molar refractivity (Wildman–Crippen MR) is 104 cm³/mol. The van der Waals surface area contributed by atoms with Crippen LogP contribution in [0.5, 0.6) is 5.75 Å². The summed E-state index contributed by atoms with van der Waals surface area (Å²) in [6.07, 6.45) is -0.143. The first kappa shape index (κ1) is 18.2. The highest BCUT2D eigenvalue weighted by atomic mass is 16.5. The van der Waals surface area contributed by atoms with Crippen LogP contribution in [-0.2, 0) is 17.9 Å². The Morgan fingerprint density at radius 2 is 2.00 bits per heavy atom. The van der Waals surface area contributed by atoms with Gasteiger partial charge in [-0.2, -0.15) is 0 Å². The maximum Gasteiger partial charge on any atom is 0.278 e. The molecule has 0 fully saturated rings. The fraction of sp³-hybridized carbons (Fsp3) is 0.286. The monoisotopic (exact) mass is 378 g/mol. The van der Waals surface area contributed by atoms with Gasteiger partial charge in [0.25, 0.3) is 5.91 Å². The van der Waals surface area contributed by atoms with Crippen molar-refractivity contribution in [2.75, 3.05) is 12.4 Å². The molecule has 7 heteroatoms. The van der Waals surface area contributed by atoms with E-state index in [9.17, 15) is 4.79 Å². The van der Waals surface area contributed by atoms with Gasteiger partial charge in [-0.25, -0.2) is 4.68 Å². The van der Waals surface area contributed by atoms with Crippen LogP contribution in [-0.4, -0.2) is 28.0 Å². The number of aromatic nitrogens is 3. The quantitative estimate of drug-likeness (QED) is 0.753. The number of aryl methyl sites for hydroxylation is 2. The van der Waals surface area contributed by atoms with Crippen LogP contribution < -0.4 is 10.1 Å². The van der Waals surface area contributed by atoms with Crippen LogP contribution in [0.1, 0.15) is 39.0 Å². The van der Waals surface area contributed by atoms with Crippen molar-refractivity contribution in [2.45, 2.75) is 33.1 Å². The molecule has 1 N–H and O–H groups in total. The van der Waals surface area contributed by atoms with E-state index in [1.54, 1.807) is 11.8 Å². The average molecular weight is 378 g/mol. The third-order valence-corrected chi connectivity index (χ3v) is 4.94. The van der Waals surface area contributed by atoms with Crippen molar-refractivity contribution in [1.29, 1.82) is 0 Å². The Kier molecular flexibility index (Phi) is 4.83. The summed E-state index contributed by atoms with van der Waals surface area (Å²) < 4.78 is 12.9. The predicted octanol–water partition coefficient (Wildman–Crippen LogP) is 3.43. The van der Waals surface area contributed by atoms with Gasteiger partial charge >= 0.3 is 0 Å². The molecule has 1 amide bonds. The summed E-state index contributed by atoms with van der Waals surface area (Å²) in [5, 5.41) is 11.2. The van der Waals surface area contributed by atoms with Crippen molar-refractivity contribution in [3.05, 3.63) is 70.5 Å². The second-order valence-corrected chi connectivity index (χ2v) is 6.91. The van der Waals surface area contributed by atoms with Crippen molar-refractivity contribution in [3.8, 4) is 5.75 Å². The minimum atomic E-state index is -0.276. The van der Waals surface area contributed by atoms with E-state index in [-0.39, 0.29) is 18.6 Å². The summed E-state index contributed by atoms with van der Waals surface area (Å²) >= 11 is 0. The van der Waals surface area contributed by atoms with Crippen LogP contribution >= 0.6 is 0 Å². The Hall–Kier alpha value is -3.19. The van der Waals surface area contributed by atoms with Crippen molar-refractivity contribution in [2.24, 2.45) is 0 Å². The molecule has 1 aliphatic rings. The molecule has 1 unspecified atom stereocenters. The molecule has 1 atom stereocenters.